The van der Waals surface area contributed by atoms with Crippen LogP contribution in [0.5, 0.6) is 0 Å². The Balaban J connectivity index is 2.73. The van der Waals surface area contributed by atoms with E-state index in [0.29, 0.717) is 6.54 Å². The third kappa shape index (κ3) is 5.56. The number of carbonyl (C=O) groups is 1. The Labute approximate surface area is 133 Å². The van der Waals surface area contributed by atoms with E-state index in [4.69, 9.17) is 10.5 Å². The number of nitrogens with two attached hydrogens (primary N) is 1. The first-order valence-corrected chi connectivity index (χ1v) is 7.63. The zero-order chi connectivity index (χ0) is 16.9. The molecule has 1 rings (SSSR count). The lowest BCUT2D eigenvalue weighted by Crippen LogP contribution is -2.53. The zero-order valence-electron chi connectivity index (χ0n) is 14.5. The Morgan fingerprint density at radius 3 is 2.32 bits per heavy atom. The van der Waals surface area contributed by atoms with Gasteiger partial charge in [-0.2, -0.15) is 0 Å². The Bertz CT molecular complexity index is 480. The lowest BCUT2D eigenvalue weighted by Gasteiger charge is -2.34. The first kappa shape index (κ1) is 18.3. The summed E-state index contributed by atoms with van der Waals surface area (Å²) in [5, 5.41) is 2.87. The highest BCUT2D eigenvalue weighted by molar-refractivity contribution is 5.68. The van der Waals surface area contributed by atoms with Gasteiger partial charge in [0.2, 0.25) is 0 Å². The summed E-state index contributed by atoms with van der Waals surface area (Å²) < 4.78 is 5.29. The molecule has 1 aromatic carbocycles. The van der Waals surface area contributed by atoms with Gasteiger partial charge in [0.25, 0.3) is 0 Å². The highest BCUT2D eigenvalue weighted by Crippen LogP contribution is 2.17. The second-order valence-electron chi connectivity index (χ2n) is 6.68. The van der Waals surface area contributed by atoms with Gasteiger partial charge in [-0.05, 0) is 46.8 Å². The van der Waals surface area contributed by atoms with Crippen LogP contribution in [-0.4, -0.2) is 37.4 Å². The van der Waals surface area contributed by atoms with E-state index in [1.54, 1.807) is 0 Å². The summed E-state index contributed by atoms with van der Waals surface area (Å²) in [5.74, 6) is 0. The number of nitrogens with one attached hydrogen (secondary N) is 1. The van der Waals surface area contributed by atoms with Crippen molar-refractivity contribution in [1.82, 2.24) is 5.32 Å². The Morgan fingerprint density at radius 1 is 1.32 bits per heavy atom. The van der Waals surface area contributed by atoms with E-state index in [0.717, 1.165) is 5.69 Å². The van der Waals surface area contributed by atoms with Gasteiger partial charge in [-0.1, -0.05) is 17.7 Å². The Kier molecular flexibility index (Phi) is 6.23. The topological polar surface area (TPSA) is 67.6 Å². The second-order valence-corrected chi connectivity index (χ2v) is 6.68. The molecule has 1 aromatic rings. The summed E-state index contributed by atoms with van der Waals surface area (Å²) >= 11 is 0. The van der Waals surface area contributed by atoms with Crippen molar-refractivity contribution < 1.29 is 9.53 Å². The molecule has 3 N–H and O–H groups in total. The third-order valence-corrected chi connectivity index (χ3v) is 3.50. The Morgan fingerprint density at radius 2 is 1.86 bits per heavy atom. The summed E-state index contributed by atoms with van der Waals surface area (Å²) in [7, 11) is 1.98. The molecule has 0 saturated carbocycles. The van der Waals surface area contributed by atoms with Crippen molar-refractivity contribution in [1.29, 1.82) is 0 Å². The molecular weight excluding hydrogens is 278 g/mol. The zero-order valence-corrected chi connectivity index (χ0v) is 14.5. The average Bonchev–Trinajstić information content (AvgIpc) is 2.37. The fourth-order valence-electron chi connectivity index (χ4n) is 2.26. The van der Waals surface area contributed by atoms with E-state index in [9.17, 15) is 4.79 Å². The van der Waals surface area contributed by atoms with Crippen LogP contribution in [0.25, 0.3) is 0 Å². The summed E-state index contributed by atoms with van der Waals surface area (Å²) in [4.78, 5) is 14.0. The summed E-state index contributed by atoms with van der Waals surface area (Å²) in [6.07, 6.45) is -0.421. The normalized spacial score (nSPS) is 14.1. The van der Waals surface area contributed by atoms with Crippen molar-refractivity contribution in [2.45, 2.75) is 52.3 Å². The molecule has 124 valence electrons. The molecule has 1 amide bonds. The van der Waals surface area contributed by atoms with Crippen LogP contribution in [0.3, 0.4) is 0 Å². The molecule has 0 bridgehead atoms. The molecule has 0 saturated heterocycles. The maximum Gasteiger partial charge on any atom is 0.407 e. The van der Waals surface area contributed by atoms with Crippen LogP contribution in [0.1, 0.15) is 33.3 Å². The molecule has 0 radical (unpaired) electrons. The van der Waals surface area contributed by atoms with Crippen molar-refractivity contribution in [3.05, 3.63) is 29.8 Å². The standard InChI is InChI=1S/C17H29N3O2/c1-12-7-9-14(10-8-12)20(6)15(11-18)13(2)19-16(21)22-17(3,4)5/h7-10,13,15H,11,18H2,1-6H3,(H,19,21). The van der Waals surface area contributed by atoms with Crippen LogP contribution < -0.4 is 16.0 Å². The maximum absolute atomic E-state index is 11.9. The first-order chi connectivity index (χ1) is 10.1. The predicted molar refractivity (Wildman–Crippen MR) is 91.3 cm³/mol. The van der Waals surface area contributed by atoms with Gasteiger partial charge >= 0.3 is 6.09 Å². The monoisotopic (exact) mass is 307 g/mol. The van der Waals surface area contributed by atoms with E-state index < -0.39 is 11.7 Å². The number of hydrogen-bond acceptors (Lipinski definition) is 4. The molecule has 0 aromatic heterocycles. The van der Waals surface area contributed by atoms with Gasteiger partial charge in [0, 0.05) is 19.3 Å². The van der Waals surface area contributed by atoms with Crippen LogP contribution in [0.4, 0.5) is 10.5 Å². The number of ether oxygens (including phenoxy) is 1. The van der Waals surface area contributed by atoms with Crippen molar-refractivity contribution in [2.75, 3.05) is 18.5 Å². The van der Waals surface area contributed by atoms with E-state index >= 15 is 0 Å². The number of carbonyl (C=O) groups excluding carboxylic acids is 1. The second kappa shape index (κ2) is 7.49. The van der Waals surface area contributed by atoms with Gasteiger partial charge < -0.3 is 20.7 Å². The number of nitrogens with zero attached hydrogens (tertiary/aromatic N) is 1. The summed E-state index contributed by atoms with van der Waals surface area (Å²) in [6.45, 7) is 9.95. The van der Waals surface area contributed by atoms with Gasteiger partial charge in [0.1, 0.15) is 5.60 Å². The fourth-order valence-corrected chi connectivity index (χ4v) is 2.26. The van der Waals surface area contributed by atoms with Gasteiger partial charge in [-0.15, -0.1) is 0 Å². The van der Waals surface area contributed by atoms with Crippen LogP contribution in [-0.2, 0) is 4.74 Å². The number of rotatable bonds is 5. The molecule has 0 heterocycles. The lowest BCUT2D eigenvalue weighted by atomic mass is 10.1. The quantitative estimate of drug-likeness (QED) is 0.877. The lowest BCUT2D eigenvalue weighted by molar-refractivity contribution is 0.0502. The molecule has 0 fully saturated rings. The summed E-state index contributed by atoms with van der Waals surface area (Å²) in [5.41, 5.74) is 7.68. The molecule has 2 atom stereocenters. The van der Waals surface area contributed by atoms with E-state index in [-0.39, 0.29) is 12.1 Å². The predicted octanol–water partition coefficient (Wildman–Crippen LogP) is 2.67. The van der Waals surface area contributed by atoms with Crippen LogP contribution in [0.2, 0.25) is 0 Å². The number of amides is 1. The number of likely N-dealkylation sites (N-methyl/N-ethyl adjacent to an activating group) is 1. The van der Waals surface area contributed by atoms with Crippen LogP contribution in [0, 0.1) is 6.92 Å². The maximum atomic E-state index is 11.9. The molecule has 0 aliphatic rings. The number of hydrogen-bond donors (Lipinski definition) is 2. The molecule has 22 heavy (non-hydrogen) atoms. The minimum absolute atomic E-state index is 0.0183. The first-order valence-electron chi connectivity index (χ1n) is 7.63. The molecule has 5 nitrogen and oxygen atoms in total. The van der Waals surface area contributed by atoms with E-state index in [1.165, 1.54) is 5.56 Å². The van der Waals surface area contributed by atoms with Crippen molar-refractivity contribution in [3.63, 3.8) is 0 Å². The molecule has 0 spiro atoms. The van der Waals surface area contributed by atoms with Crippen LogP contribution in [0.15, 0.2) is 24.3 Å². The number of anilines is 1. The van der Waals surface area contributed by atoms with Crippen molar-refractivity contribution in [2.24, 2.45) is 5.73 Å². The van der Waals surface area contributed by atoms with Gasteiger partial charge in [-0.3, -0.25) is 0 Å². The molecule has 5 heteroatoms. The molecular formula is C17H29N3O2. The largest absolute Gasteiger partial charge is 0.444 e. The number of benzene rings is 1. The Hall–Kier alpha value is -1.75. The third-order valence-electron chi connectivity index (χ3n) is 3.50. The van der Waals surface area contributed by atoms with Gasteiger partial charge in [0.15, 0.2) is 0 Å². The van der Waals surface area contributed by atoms with Crippen molar-refractivity contribution in [3.8, 4) is 0 Å². The van der Waals surface area contributed by atoms with E-state index in [1.807, 2.05) is 34.7 Å². The summed E-state index contributed by atoms with van der Waals surface area (Å²) in [6, 6.07) is 8.08. The van der Waals surface area contributed by atoms with E-state index in [2.05, 4.69) is 41.4 Å². The van der Waals surface area contributed by atoms with Gasteiger partial charge in [-0.25, -0.2) is 4.79 Å². The SMILES string of the molecule is Cc1ccc(N(C)C(CN)C(C)NC(=O)OC(C)(C)C)cc1. The highest BCUT2D eigenvalue weighted by atomic mass is 16.6. The minimum Gasteiger partial charge on any atom is -0.444 e. The van der Waals surface area contributed by atoms with Crippen LogP contribution >= 0.6 is 0 Å². The van der Waals surface area contributed by atoms with Crippen molar-refractivity contribution >= 4 is 11.8 Å². The molecule has 0 aliphatic carbocycles. The fraction of sp³-hybridized carbons (Fsp3) is 0.588. The highest BCUT2D eigenvalue weighted by Gasteiger charge is 2.24. The smallest absolute Gasteiger partial charge is 0.407 e. The number of aryl methyl sites for hydroxylation is 1. The average molecular weight is 307 g/mol. The molecule has 0 aliphatic heterocycles. The molecule has 2 unspecified atom stereocenters. The number of alkyl carbamates (subject to hydrolysis) is 1. The minimum atomic E-state index is -0.509. The van der Waals surface area contributed by atoms with Gasteiger partial charge in [0.05, 0.1) is 12.1 Å².